The molecule has 0 aromatic heterocycles. The molecule has 1 nitrogen and oxygen atoms in total. The molecule has 1 atom stereocenters. The van der Waals surface area contributed by atoms with Gasteiger partial charge in [-0.2, -0.15) is 0 Å². The minimum Gasteiger partial charge on any atom is -0.307 e. The van der Waals surface area contributed by atoms with Gasteiger partial charge in [-0.25, -0.2) is 0 Å². The van der Waals surface area contributed by atoms with Gasteiger partial charge in [0, 0.05) is 12.1 Å². The lowest BCUT2D eigenvalue weighted by molar-refractivity contribution is 0.291. The molecule has 0 radical (unpaired) electrons. The predicted octanol–water partition coefficient (Wildman–Crippen LogP) is 4.84. The standard InChI is InChI=1S/C18H29N/c1-12-6-8-17(9-7-12)19-16(5)18-11-14(3)13(2)10-15(18)4/h10-12,16-17,19H,6-9H2,1-5H3. The van der Waals surface area contributed by atoms with Crippen LogP contribution in [-0.2, 0) is 0 Å². The molecule has 0 aliphatic heterocycles. The van der Waals surface area contributed by atoms with Crippen LogP contribution in [0.3, 0.4) is 0 Å². The van der Waals surface area contributed by atoms with Crippen molar-refractivity contribution in [1.29, 1.82) is 0 Å². The van der Waals surface area contributed by atoms with Crippen LogP contribution in [0.25, 0.3) is 0 Å². The van der Waals surface area contributed by atoms with E-state index < -0.39 is 0 Å². The molecule has 19 heavy (non-hydrogen) atoms. The van der Waals surface area contributed by atoms with Crippen LogP contribution in [-0.4, -0.2) is 6.04 Å². The van der Waals surface area contributed by atoms with Crippen molar-refractivity contribution in [3.63, 3.8) is 0 Å². The number of hydrogen-bond acceptors (Lipinski definition) is 1. The van der Waals surface area contributed by atoms with Gasteiger partial charge >= 0.3 is 0 Å². The number of benzene rings is 1. The Morgan fingerprint density at radius 2 is 1.53 bits per heavy atom. The minimum absolute atomic E-state index is 0.470. The number of aryl methyl sites for hydroxylation is 3. The average Bonchev–Trinajstić information content (AvgIpc) is 2.36. The summed E-state index contributed by atoms with van der Waals surface area (Å²) in [6.45, 7) is 11.4. The Bertz CT molecular complexity index is 428. The summed E-state index contributed by atoms with van der Waals surface area (Å²) < 4.78 is 0. The molecule has 1 aromatic rings. The Morgan fingerprint density at radius 3 is 2.16 bits per heavy atom. The highest BCUT2D eigenvalue weighted by atomic mass is 14.9. The molecule has 1 N–H and O–H groups in total. The van der Waals surface area contributed by atoms with Crippen molar-refractivity contribution in [2.24, 2.45) is 5.92 Å². The van der Waals surface area contributed by atoms with Crippen molar-refractivity contribution in [1.82, 2.24) is 5.32 Å². The molecule has 1 saturated carbocycles. The van der Waals surface area contributed by atoms with Crippen LogP contribution >= 0.6 is 0 Å². The van der Waals surface area contributed by atoms with E-state index in [9.17, 15) is 0 Å². The zero-order chi connectivity index (χ0) is 14.0. The quantitative estimate of drug-likeness (QED) is 0.819. The number of hydrogen-bond donors (Lipinski definition) is 1. The summed E-state index contributed by atoms with van der Waals surface area (Å²) in [7, 11) is 0. The fraction of sp³-hybridized carbons (Fsp3) is 0.667. The lowest BCUT2D eigenvalue weighted by Gasteiger charge is -2.30. The van der Waals surface area contributed by atoms with E-state index in [1.165, 1.54) is 47.9 Å². The van der Waals surface area contributed by atoms with E-state index in [0.29, 0.717) is 12.1 Å². The van der Waals surface area contributed by atoms with Gasteiger partial charge in [0.1, 0.15) is 0 Å². The Labute approximate surface area is 118 Å². The summed E-state index contributed by atoms with van der Waals surface area (Å²) in [6, 6.07) is 5.88. The molecule has 1 aliphatic carbocycles. The highest BCUT2D eigenvalue weighted by Crippen LogP contribution is 2.27. The summed E-state index contributed by atoms with van der Waals surface area (Å²) >= 11 is 0. The Hall–Kier alpha value is -0.820. The lowest BCUT2D eigenvalue weighted by Crippen LogP contribution is -2.34. The van der Waals surface area contributed by atoms with Crippen molar-refractivity contribution >= 4 is 0 Å². The van der Waals surface area contributed by atoms with E-state index in [-0.39, 0.29) is 0 Å². The van der Waals surface area contributed by atoms with Gasteiger partial charge in [0.05, 0.1) is 0 Å². The van der Waals surface area contributed by atoms with E-state index in [0.717, 1.165) is 5.92 Å². The normalized spacial score (nSPS) is 25.3. The number of rotatable bonds is 3. The molecule has 1 unspecified atom stereocenters. The summed E-state index contributed by atoms with van der Waals surface area (Å²) in [4.78, 5) is 0. The van der Waals surface area contributed by atoms with Crippen molar-refractivity contribution in [3.05, 3.63) is 34.4 Å². The molecule has 0 saturated heterocycles. The fourth-order valence-electron chi connectivity index (χ4n) is 3.32. The zero-order valence-electron chi connectivity index (χ0n) is 13.2. The molecule has 1 fully saturated rings. The van der Waals surface area contributed by atoms with Gasteiger partial charge in [0.2, 0.25) is 0 Å². The van der Waals surface area contributed by atoms with Gasteiger partial charge in [-0.1, -0.05) is 19.1 Å². The zero-order valence-corrected chi connectivity index (χ0v) is 13.2. The van der Waals surface area contributed by atoms with Crippen LogP contribution in [0.2, 0.25) is 0 Å². The topological polar surface area (TPSA) is 12.0 Å². The molecular formula is C18H29N. The third-order valence-electron chi connectivity index (χ3n) is 4.85. The van der Waals surface area contributed by atoms with Gasteiger partial charge in [-0.05, 0) is 81.5 Å². The SMILES string of the molecule is Cc1cc(C)c(C(C)NC2CCC(C)CC2)cc1C. The van der Waals surface area contributed by atoms with Gasteiger partial charge in [-0.3, -0.25) is 0 Å². The maximum Gasteiger partial charge on any atom is 0.0297 e. The molecular weight excluding hydrogens is 230 g/mol. The Balaban J connectivity index is 2.03. The van der Waals surface area contributed by atoms with E-state index in [2.05, 4.69) is 52.1 Å². The predicted molar refractivity (Wildman–Crippen MR) is 83.6 cm³/mol. The van der Waals surface area contributed by atoms with Crippen LogP contribution in [0, 0.1) is 26.7 Å². The smallest absolute Gasteiger partial charge is 0.0297 e. The fourth-order valence-corrected chi connectivity index (χ4v) is 3.32. The highest BCUT2D eigenvalue weighted by Gasteiger charge is 2.20. The molecule has 1 heteroatoms. The third kappa shape index (κ3) is 3.60. The second-order valence-corrected chi connectivity index (χ2v) is 6.64. The van der Waals surface area contributed by atoms with E-state index in [4.69, 9.17) is 0 Å². The first kappa shape index (κ1) is 14.6. The molecule has 0 amide bonds. The maximum atomic E-state index is 3.84. The molecule has 0 spiro atoms. The van der Waals surface area contributed by atoms with Crippen molar-refractivity contribution < 1.29 is 0 Å². The molecule has 2 rings (SSSR count). The molecule has 0 heterocycles. The van der Waals surface area contributed by atoms with Crippen molar-refractivity contribution in [2.75, 3.05) is 0 Å². The molecule has 0 bridgehead atoms. The van der Waals surface area contributed by atoms with E-state index in [1.54, 1.807) is 0 Å². The van der Waals surface area contributed by atoms with Crippen LogP contribution in [0.4, 0.5) is 0 Å². The third-order valence-corrected chi connectivity index (χ3v) is 4.85. The number of nitrogens with one attached hydrogen (secondary N) is 1. The first-order valence-corrected chi connectivity index (χ1v) is 7.81. The Kier molecular flexibility index (Phi) is 4.67. The van der Waals surface area contributed by atoms with Gasteiger partial charge < -0.3 is 5.32 Å². The van der Waals surface area contributed by atoms with Gasteiger partial charge in [0.15, 0.2) is 0 Å². The Morgan fingerprint density at radius 1 is 0.947 bits per heavy atom. The first-order chi connectivity index (χ1) is 8.97. The van der Waals surface area contributed by atoms with Crippen LogP contribution in [0.15, 0.2) is 12.1 Å². The van der Waals surface area contributed by atoms with Crippen molar-refractivity contribution in [2.45, 2.75) is 72.4 Å². The van der Waals surface area contributed by atoms with E-state index >= 15 is 0 Å². The van der Waals surface area contributed by atoms with Gasteiger partial charge in [-0.15, -0.1) is 0 Å². The largest absolute Gasteiger partial charge is 0.307 e. The first-order valence-electron chi connectivity index (χ1n) is 7.81. The summed E-state index contributed by atoms with van der Waals surface area (Å²) in [5.41, 5.74) is 5.71. The summed E-state index contributed by atoms with van der Waals surface area (Å²) in [5, 5.41) is 3.84. The average molecular weight is 259 g/mol. The maximum absolute atomic E-state index is 3.84. The summed E-state index contributed by atoms with van der Waals surface area (Å²) in [5.74, 6) is 0.928. The molecule has 106 valence electrons. The molecule has 1 aromatic carbocycles. The van der Waals surface area contributed by atoms with Crippen LogP contribution < -0.4 is 5.32 Å². The second kappa shape index (κ2) is 6.09. The highest BCUT2D eigenvalue weighted by molar-refractivity contribution is 5.38. The van der Waals surface area contributed by atoms with Gasteiger partial charge in [0.25, 0.3) is 0 Å². The summed E-state index contributed by atoms with van der Waals surface area (Å²) in [6.07, 6.45) is 5.46. The van der Waals surface area contributed by atoms with E-state index in [1.807, 2.05) is 0 Å². The second-order valence-electron chi connectivity index (χ2n) is 6.64. The van der Waals surface area contributed by atoms with Crippen LogP contribution in [0.1, 0.15) is 67.8 Å². The molecule has 1 aliphatic rings. The monoisotopic (exact) mass is 259 g/mol. The lowest BCUT2D eigenvalue weighted by atomic mass is 9.86. The van der Waals surface area contributed by atoms with Crippen LogP contribution in [0.5, 0.6) is 0 Å². The van der Waals surface area contributed by atoms with Crippen molar-refractivity contribution in [3.8, 4) is 0 Å². The minimum atomic E-state index is 0.470.